The summed E-state index contributed by atoms with van der Waals surface area (Å²) in [5.41, 5.74) is 1.10. The molecule has 0 radical (unpaired) electrons. The molecule has 6 nitrogen and oxygen atoms in total. The summed E-state index contributed by atoms with van der Waals surface area (Å²) in [7, 11) is 1.64. The molecule has 1 fully saturated rings. The monoisotopic (exact) mass is 373 g/mol. The van der Waals surface area contributed by atoms with Crippen molar-refractivity contribution in [2.24, 2.45) is 0 Å². The Balaban J connectivity index is 1.30. The summed E-state index contributed by atoms with van der Waals surface area (Å²) in [5, 5.41) is 6.49. The smallest absolute Gasteiger partial charge is 0.317 e. The first-order valence-electron chi connectivity index (χ1n) is 8.86. The van der Waals surface area contributed by atoms with Gasteiger partial charge in [0.15, 0.2) is 0 Å². The number of nitrogens with zero attached hydrogens (tertiary/aromatic N) is 2. The first-order chi connectivity index (χ1) is 12.7. The van der Waals surface area contributed by atoms with E-state index in [1.165, 1.54) is 5.00 Å². The molecule has 0 aliphatic carbocycles. The molecule has 4 rings (SSSR count). The van der Waals surface area contributed by atoms with E-state index < -0.39 is 0 Å². The quantitative estimate of drug-likeness (QED) is 0.899. The molecule has 3 heterocycles. The summed E-state index contributed by atoms with van der Waals surface area (Å²) in [4.78, 5) is 16.8. The second-order valence-electron chi connectivity index (χ2n) is 6.56. The number of rotatable bonds is 3. The minimum Gasteiger partial charge on any atom is -0.497 e. The molecule has 7 heteroatoms. The number of urea groups is 1. The van der Waals surface area contributed by atoms with Crippen LogP contribution < -0.4 is 19.7 Å². The van der Waals surface area contributed by atoms with Gasteiger partial charge in [0.25, 0.3) is 0 Å². The third kappa shape index (κ3) is 3.58. The molecule has 1 N–H and O–H groups in total. The molecule has 2 aliphatic rings. The van der Waals surface area contributed by atoms with E-state index in [9.17, 15) is 4.79 Å². The number of hydrogen-bond donors (Lipinski definition) is 1. The standard InChI is InChI=1S/C19H23N3O3S/c1-24-16-5-4-14-11-15(13-25-17(14)12-16)20-19(23)22-8-6-21(7-9-22)18-3-2-10-26-18/h2-5,10,12,15H,6-9,11,13H2,1H3,(H,20,23). The van der Waals surface area contributed by atoms with E-state index in [0.717, 1.165) is 49.7 Å². The van der Waals surface area contributed by atoms with Gasteiger partial charge in [-0.2, -0.15) is 0 Å². The molecule has 2 aromatic rings. The fourth-order valence-corrected chi connectivity index (χ4v) is 4.20. The van der Waals surface area contributed by atoms with Crippen molar-refractivity contribution in [1.82, 2.24) is 10.2 Å². The van der Waals surface area contributed by atoms with Crippen LogP contribution >= 0.6 is 11.3 Å². The lowest BCUT2D eigenvalue weighted by molar-refractivity contribution is 0.178. The van der Waals surface area contributed by atoms with E-state index >= 15 is 0 Å². The first kappa shape index (κ1) is 17.0. The van der Waals surface area contributed by atoms with Crippen LogP contribution in [0.1, 0.15) is 5.56 Å². The number of nitrogens with one attached hydrogen (secondary N) is 1. The Morgan fingerprint density at radius 3 is 2.85 bits per heavy atom. The van der Waals surface area contributed by atoms with Crippen molar-refractivity contribution in [3.05, 3.63) is 41.3 Å². The van der Waals surface area contributed by atoms with Crippen molar-refractivity contribution < 1.29 is 14.3 Å². The summed E-state index contributed by atoms with van der Waals surface area (Å²) in [6.45, 7) is 3.71. The molecular formula is C19H23N3O3S. The highest BCUT2D eigenvalue weighted by molar-refractivity contribution is 7.14. The van der Waals surface area contributed by atoms with Crippen LogP contribution in [0.4, 0.5) is 9.80 Å². The molecule has 26 heavy (non-hydrogen) atoms. The lowest BCUT2D eigenvalue weighted by atomic mass is 10.0. The number of carbonyl (C=O) groups is 1. The van der Waals surface area contributed by atoms with Gasteiger partial charge in [0, 0.05) is 32.2 Å². The fraction of sp³-hybridized carbons (Fsp3) is 0.421. The van der Waals surface area contributed by atoms with Crippen molar-refractivity contribution in [3.63, 3.8) is 0 Å². The number of fused-ring (bicyclic) bond motifs is 1. The summed E-state index contributed by atoms with van der Waals surface area (Å²) < 4.78 is 11.0. The third-order valence-corrected chi connectivity index (χ3v) is 5.82. The molecule has 1 atom stereocenters. The molecule has 138 valence electrons. The van der Waals surface area contributed by atoms with Gasteiger partial charge in [-0.05, 0) is 35.6 Å². The molecule has 0 bridgehead atoms. The van der Waals surface area contributed by atoms with Crippen LogP contribution in [0.15, 0.2) is 35.7 Å². The molecule has 1 saturated heterocycles. The number of methoxy groups -OCH3 is 1. The van der Waals surface area contributed by atoms with E-state index in [2.05, 4.69) is 27.7 Å². The number of ether oxygens (including phenoxy) is 2. The Bertz CT molecular complexity index is 757. The topological polar surface area (TPSA) is 54.0 Å². The zero-order chi connectivity index (χ0) is 17.9. The maximum absolute atomic E-state index is 12.6. The van der Waals surface area contributed by atoms with Crippen LogP contribution in [0.3, 0.4) is 0 Å². The van der Waals surface area contributed by atoms with Gasteiger partial charge in [-0.25, -0.2) is 4.79 Å². The van der Waals surface area contributed by atoms with Crippen LogP contribution in [0.2, 0.25) is 0 Å². The molecule has 2 amide bonds. The fourth-order valence-electron chi connectivity index (χ4n) is 3.42. The average molecular weight is 373 g/mol. The van der Waals surface area contributed by atoms with E-state index in [1.807, 2.05) is 23.1 Å². The molecule has 2 aliphatic heterocycles. The molecule has 1 aromatic heterocycles. The second-order valence-corrected chi connectivity index (χ2v) is 7.49. The van der Waals surface area contributed by atoms with Gasteiger partial charge in [-0.1, -0.05) is 6.07 Å². The molecule has 1 aromatic carbocycles. The van der Waals surface area contributed by atoms with Gasteiger partial charge >= 0.3 is 6.03 Å². The van der Waals surface area contributed by atoms with E-state index in [1.54, 1.807) is 18.4 Å². The second kappa shape index (κ2) is 7.45. The van der Waals surface area contributed by atoms with Gasteiger partial charge < -0.3 is 24.6 Å². The predicted molar refractivity (Wildman–Crippen MR) is 103 cm³/mol. The molecular weight excluding hydrogens is 350 g/mol. The van der Waals surface area contributed by atoms with E-state index in [4.69, 9.17) is 9.47 Å². The van der Waals surface area contributed by atoms with Gasteiger partial charge in [0.05, 0.1) is 18.2 Å². The van der Waals surface area contributed by atoms with Gasteiger partial charge in [0.1, 0.15) is 18.1 Å². The van der Waals surface area contributed by atoms with Gasteiger partial charge in [0.2, 0.25) is 0 Å². The van der Waals surface area contributed by atoms with Crippen molar-refractivity contribution in [3.8, 4) is 11.5 Å². The lowest BCUT2D eigenvalue weighted by Gasteiger charge is -2.36. The van der Waals surface area contributed by atoms with Crippen LogP contribution in [0, 0.1) is 0 Å². The van der Waals surface area contributed by atoms with Crippen LogP contribution in [0.5, 0.6) is 11.5 Å². The molecule has 0 spiro atoms. The van der Waals surface area contributed by atoms with Crippen LogP contribution in [-0.4, -0.2) is 56.9 Å². The Kier molecular flexibility index (Phi) is 4.88. The largest absolute Gasteiger partial charge is 0.497 e. The SMILES string of the molecule is COc1ccc2c(c1)OCC(NC(=O)N1CCN(c3cccs3)CC1)C2. The highest BCUT2D eigenvalue weighted by Crippen LogP contribution is 2.29. The average Bonchev–Trinajstić information content (AvgIpc) is 3.22. The predicted octanol–water partition coefficient (Wildman–Crippen LogP) is 2.59. The maximum Gasteiger partial charge on any atom is 0.317 e. The molecule has 0 saturated carbocycles. The third-order valence-electron chi connectivity index (χ3n) is 4.89. The number of anilines is 1. The minimum absolute atomic E-state index is 0.00118. The van der Waals surface area contributed by atoms with Crippen molar-refractivity contribution in [2.45, 2.75) is 12.5 Å². The number of amides is 2. The van der Waals surface area contributed by atoms with Crippen LogP contribution in [0.25, 0.3) is 0 Å². The normalized spacial score (nSPS) is 19.5. The Morgan fingerprint density at radius 1 is 1.27 bits per heavy atom. The summed E-state index contributed by atoms with van der Waals surface area (Å²) >= 11 is 1.74. The number of thiophene rings is 1. The highest BCUT2D eigenvalue weighted by atomic mass is 32.1. The number of carbonyl (C=O) groups excluding carboxylic acids is 1. The van der Waals surface area contributed by atoms with Crippen molar-refractivity contribution in [1.29, 1.82) is 0 Å². The summed E-state index contributed by atoms with van der Waals surface area (Å²) in [5.74, 6) is 1.63. The van der Waals surface area contributed by atoms with Crippen molar-refractivity contribution in [2.75, 3.05) is 44.8 Å². The summed E-state index contributed by atoms with van der Waals surface area (Å²) in [6, 6.07) is 10.0. The Hall–Kier alpha value is -2.41. The maximum atomic E-state index is 12.6. The zero-order valence-electron chi connectivity index (χ0n) is 14.8. The minimum atomic E-state index is -0.00118. The number of piperazine rings is 1. The van der Waals surface area contributed by atoms with E-state index in [-0.39, 0.29) is 12.1 Å². The van der Waals surface area contributed by atoms with Gasteiger partial charge in [-0.15, -0.1) is 11.3 Å². The first-order valence-corrected chi connectivity index (χ1v) is 9.74. The van der Waals surface area contributed by atoms with Crippen LogP contribution in [-0.2, 0) is 6.42 Å². The summed E-state index contributed by atoms with van der Waals surface area (Å²) in [6.07, 6.45) is 0.778. The highest BCUT2D eigenvalue weighted by Gasteiger charge is 2.26. The Labute approximate surface area is 157 Å². The zero-order valence-corrected chi connectivity index (χ0v) is 15.6. The van der Waals surface area contributed by atoms with Gasteiger partial charge in [-0.3, -0.25) is 0 Å². The van der Waals surface area contributed by atoms with E-state index in [0.29, 0.717) is 6.61 Å². The van der Waals surface area contributed by atoms with Crippen molar-refractivity contribution >= 4 is 22.4 Å². The number of hydrogen-bond acceptors (Lipinski definition) is 5. The molecule has 1 unspecified atom stereocenters. The Morgan fingerprint density at radius 2 is 2.12 bits per heavy atom. The lowest BCUT2D eigenvalue weighted by Crippen LogP contribution is -2.55. The number of benzene rings is 1.